The largest absolute Gasteiger partial charge is 0.417 e. The molecular weight excluding hydrogens is 397 g/mol. The SMILES string of the molecule is O=C(Nc1ccc([N+](=O)[O-])cc1)Oc1c(Cl)cc(NS(=O)O)cc1Cl. The van der Waals surface area contributed by atoms with Crippen molar-refractivity contribution in [1.29, 1.82) is 0 Å². The standard InChI is InChI=1S/C13H9Cl2N3O6S/c14-10-5-8(17-25(22)23)6-11(15)12(10)24-13(19)16-7-1-3-9(4-2-7)18(20)21/h1-6,17H,(H,16,19)(H,22,23). The summed E-state index contributed by atoms with van der Waals surface area (Å²) in [5.41, 5.74) is 0.283. The van der Waals surface area contributed by atoms with Crippen molar-refractivity contribution >= 4 is 57.6 Å². The van der Waals surface area contributed by atoms with Crippen molar-refractivity contribution < 1.29 is 23.2 Å². The lowest BCUT2D eigenvalue weighted by molar-refractivity contribution is -0.384. The van der Waals surface area contributed by atoms with Crippen LogP contribution in [0.15, 0.2) is 36.4 Å². The van der Waals surface area contributed by atoms with Crippen LogP contribution >= 0.6 is 23.2 Å². The molecule has 0 aliphatic carbocycles. The molecule has 0 bridgehead atoms. The Morgan fingerprint density at radius 3 is 2.20 bits per heavy atom. The van der Waals surface area contributed by atoms with Crippen molar-refractivity contribution in [3.8, 4) is 5.75 Å². The van der Waals surface area contributed by atoms with Gasteiger partial charge in [-0.25, -0.2) is 9.00 Å². The minimum atomic E-state index is -2.32. The molecule has 0 spiro atoms. The molecule has 132 valence electrons. The number of nitrogens with one attached hydrogen (secondary N) is 2. The minimum absolute atomic E-state index is 0.0701. The molecule has 1 amide bonds. The van der Waals surface area contributed by atoms with Crippen LogP contribution in [0.25, 0.3) is 0 Å². The summed E-state index contributed by atoms with van der Waals surface area (Å²) in [7, 11) is 0. The van der Waals surface area contributed by atoms with Crippen LogP contribution in [0.3, 0.4) is 0 Å². The molecule has 9 nitrogen and oxygen atoms in total. The second-order valence-corrected chi connectivity index (χ2v) is 5.96. The second-order valence-electron chi connectivity index (χ2n) is 4.44. The third-order valence-electron chi connectivity index (χ3n) is 2.72. The number of non-ortho nitro benzene ring substituents is 1. The highest BCUT2D eigenvalue weighted by atomic mass is 35.5. The zero-order valence-corrected chi connectivity index (χ0v) is 14.4. The predicted octanol–water partition coefficient (Wildman–Crippen LogP) is 4.06. The molecule has 12 heteroatoms. The van der Waals surface area contributed by atoms with Crippen LogP contribution in [0, 0.1) is 10.1 Å². The predicted molar refractivity (Wildman–Crippen MR) is 93.6 cm³/mol. The van der Waals surface area contributed by atoms with Crippen LogP contribution in [0.4, 0.5) is 21.9 Å². The van der Waals surface area contributed by atoms with Gasteiger partial charge in [-0.05, 0) is 24.3 Å². The number of nitro groups is 1. The van der Waals surface area contributed by atoms with Gasteiger partial charge in [0, 0.05) is 17.8 Å². The normalized spacial score (nSPS) is 11.5. The van der Waals surface area contributed by atoms with Crippen LogP contribution in [0.5, 0.6) is 5.75 Å². The monoisotopic (exact) mass is 405 g/mol. The highest BCUT2D eigenvalue weighted by Crippen LogP contribution is 2.36. The van der Waals surface area contributed by atoms with E-state index in [0.29, 0.717) is 0 Å². The molecule has 0 saturated heterocycles. The number of rotatable bonds is 5. The smallest absolute Gasteiger partial charge is 0.407 e. The molecule has 0 saturated carbocycles. The maximum absolute atomic E-state index is 11.9. The first-order valence-electron chi connectivity index (χ1n) is 6.36. The molecule has 2 aromatic carbocycles. The van der Waals surface area contributed by atoms with Crippen molar-refractivity contribution in [3.05, 3.63) is 56.6 Å². The Bertz CT molecular complexity index is 823. The summed E-state index contributed by atoms with van der Waals surface area (Å²) in [6.45, 7) is 0. The fourth-order valence-corrected chi connectivity index (χ4v) is 2.60. The Morgan fingerprint density at radius 2 is 1.72 bits per heavy atom. The third kappa shape index (κ3) is 5.29. The van der Waals surface area contributed by atoms with E-state index in [9.17, 15) is 19.1 Å². The fourth-order valence-electron chi connectivity index (χ4n) is 1.72. The molecule has 0 fully saturated rings. The van der Waals surface area contributed by atoms with Crippen molar-refractivity contribution in [2.24, 2.45) is 0 Å². The molecule has 0 aliphatic heterocycles. The first kappa shape index (κ1) is 18.9. The minimum Gasteiger partial charge on any atom is -0.407 e. The van der Waals surface area contributed by atoms with E-state index < -0.39 is 22.3 Å². The van der Waals surface area contributed by atoms with Crippen molar-refractivity contribution in [2.75, 3.05) is 10.0 Å². The number of hydrogen-bond donors (Lipinski definition) is 3. The summed E-state index contributed by atoms with van der Waals surface area (Å²) in [6.07, 6.45) is -0.927. The van der Waals surface area contributed by atoms with Crippen LogP contribution in [-0.2, 0) is 11.3 Å². The zero-order valence-electron chi connectivity index (χ0n) is 12.1. The Balaban J connectivity index is 2.09. The van der Waals surface area contributed by atoms with Gasteiger partial charge in [0.2, 0.25) is 0 Å². The van der Waals surface area contributed by atoms with E-state index in [1.165, 1.54) is 36.4 Å². The molecule has 25 heavy (non-hydrogen) atoms. The summed E-state index contributed by atoms with van der Waals surface area (Å²) >= 11 is 9.55. The van der Waals surface area contributed by atoms with Gasteiger partial charge in [0.1, 0.15) is 0 Å². The first-order valence-corrected chi connectivity index (χ1v) is 8.22. The number of halogens is 2. The van der Waals surface area contributed by atoms with E-state index in [0.717, 1.165) is 0 Å². The van der Waals surface area contributed by atoms with E-state index in [4.69, 9.17) is 32.5 Å². The number of carbonyl (C=O) groups is 1. The number of anilines is 2. The highest BCUT2D eigenvalue weighted by molar-refractivity contribution is 7.80. The maximum Gasteiger partial charge on any atom is 0.417 e. The number of nitrogens with zero attached hydrogens (tertiary/aromatic N) is 1. The van der Waals surface area contributed by atoms with Crippen molar-refractivity contribution in [3.63, 3.8) is 0 Å². The van der Waals surface area contributed by atoms with Gasteiger partial charge < -0.3 is 4.74 Å². The molecule has 1 unspecified atom stereocenters. The Kier molecular flexibility index (Phi) is 6.15. The Hall–Kier alpha value is -2.40. The van der Waals surface area contributed by atoms with E-state index in [1.54, 1.807) is 0 Å². The van der Waals surface area contributed by atoms with Crippen molar-refractivity contribution in [1.82, 2.24) is 0 Å². The summed E-state index contributed by atoms with van der Waals surface area (Å²) in [6, 6.07) is 7.57. The van der Waals surface area contributed by atoms with Crippen LogP contribution < -0.4 is 14.8 Å². The lowest BCUT2D eigenvalue weighted by Gasteiger charge is -2.11. The average molecular weight is 406 g/mol. The molecule has 2 aromatic rings. The summed E-state index contributed by atoms with van der Waals surface area (Å²) in [5.74, 6) is -0.156. The van der Waals surface area contributed by atoms with Crippen LogP contribution in [0.1, 0.15) is 0 Å². The van der Waals surface area contributed by atoms with Gasteiger partial charge in [-0.3, -0.25) is 24.7 Å². The van der Waals surface area contributed by atoms with E-state index in [1.807, 2.05) is 0 Å². The van der Waals surface area contributed by atoms with E-state index >= 15 is 0 Å². The lowest BCUT2D eigenvalue weighted by atomic mass is 10.3. The van der Waals surface area contributed by atoms with Gasteiger partial charge in [0.05, 0.1) is 20.7 Å². The fraction of sp³-hybridized carbons (Fsp3) is 0. The lowest BCUT2D eigenvalue weighted by Crippen LogP contribution is -2.17. The molecule has 0 heterocycles. The molecular formula is C13H9Cl2N3O6S. The van der Waals surface area contributed by atoms with Gasteiger partial charge in [0.15, 0.2) is 5.75 Å². The molecule has 0 aromatic heterocycles. The number of amides is 1. The number of carbonyl (C=O) groups excluding carboxylic acids is 1. The summed E-state index contributed by atoms with van der Waals surface area (Å²) in [5, 5.41) is 12.8. The average Bonchev–Trinajstić information content (AvgIpc) is 2.51. The third-order valence-corrected chi connectivity index (χ3v) is 3.69. The van der Waals surface area contributed by atoms with E-state index in [-0.39, 0.29) is 32.9 Å². The van der Waals surface area contributed by atoms with Gasteiger partial charge in [-0.1, -0.05) is 23.2 Å². The van der Waals surface area contributed by atoms with Gasteiger partial charge in [0.25, 0.3) is 17.0 Å². The highest BCUT2D eigenvalue weighted by Gasteiger charge is 2.15. The molecule has 0 radical (unpaired) electrons. The molecule has 3 N–H and O–H groups in total. The van der Waals surface area contributed by atoms with Crippen molar-refractivity contribution in [2.45, 2.75) is 0 Å². The second kappa shape index (κ2) is 8.12. The van der Waals surface area contributed by atoms with Crippen LogP contribution in [-0.4, -0.2) is 19.8 Å². The van der Waals surface area contributed by atoms with Crippen LogP contribution in [0.2, 0.25) is 10.0 Å². The van der Waals surface area contributed by atoms with Gasteiger partial charge in [-0.2, -0.15) is 0 Å². The quantitative estimate of drug-likeness (QED) is 0.390. The number of benzene rings is 2. The maximum atomic E-state index is 11.9. The summed E-state index contributed by atoms with van der Waals surface area (Å²) in [4.78, 5) is 21.9. The molecule has 1 atom stereocenters. The zero-order chi connectivity index (χ0) is 18.6. The number of ether oxygens (including phenoxy) is 1. The number of nitro benzene ring substituents is 1. The Labute approximate surface area is 153 Å². The summed E-state index contributed by atoms with van der Waals surface area (Å²) < 4.78 is 26.6. The Morgan fingerprint density at radius 1 is 1.16 bits per heavy atom. The molecule has 0 aliphatic rings. The number of hydrogen-bond acceptors (Lipinski definition) is 5. The van der Waals surface area contributed by atoms with Gasteiger partial charge >= 0.3 is 6.09 Å². The van der Waals surface area contributed by atoms with Gasteiger partial charge in [-0.15, -0.1) is 0 Å². The molecule has 2 rings (SSSR count). The topological polar surface area (TPSA) is 131 Å². The first-order chi connectivity index (χ1) is 11.8. The van der Waals surface area contributed by atoms with E-state index in [2.05, 4.69) is 10.0 Å².